The summed E-state index contributed by atoms with van der Waals surface area (Å²) >= 11 is 0. The molecule has 0 spiro atoms. The summed E-state index contributed by atoms with van der Waals surface area (Å²) in [6.07, 6.45) is 3.05. The van der Waals surface area contributed by atoms with E-state index in [4.69, 9.17) is 9.26 Å². The van der Waals surface area contributed by atoms with Crippen molar-refractivity contribution in [3.05, 3.63) is 11.7 Å². The van der Waals surface area contributed by atoms with Crippen molar-refractivity contribution in [3.8, 4) is 0 Å². The molecule has 1 fully saturated rings. The second kappa shape index (κ2) is 4.72. The van der Waals surface area contributed by atoms with E-state index in [9.17, 15) is 0 Å². The molecular weight excluding hydrogens is 194 g/mol. The van der Waals surface area contributed by atoms with Gasteiger partial charge in [-0.1, -0.05) is 12.1 Å². The third kappa shape index (κ3) is 2.18. The van der Waals surface area contributed by atoms with E-state index in [0.717, 1.165) is 19.4 Å². The second-order valence-electron chi connectivity index (χ2n) is 3.77. The van der Waals surface area contributed by atoms with E-state index in [1.165, 1.54) is 6.42 Å². The Bertz CT molecular complexity index is 287. The molecule has 84 valence electrons. The third-order valence-electron chi connectivity index (χ3n) is 2.76. The Morgan fingerprint density at radius 1 is 1.67 bits per heavy atom. The Labute approximate surface area is 89.2 Å². The average Bonchev–Trinajstić information content (AvgIpc) is 2.89. The molecule has 1 N–H and O–H groups in total. The highest BCUT2D eigenvalue weighted by Crippen LogP contribution is 2.24. The van der Waals surface area contributed by atoms with Gasteiger partial charge in [-0.15, -0.1) is 0 Å². The van der Waals surface area contributed by atoms with E-state index in [1.807, 2.05) is 6.92 Å². The molecule has 5 nitrogen and oxygen atoms in total. The van der Waals surface area contributed by atoms with Crippen molar-refractivity contribution in [1.82, 2.24) is 15.5 Å². The molecule has 2 rings (SSSR count). The molecule has 0 bridgehead atoms. The minimum atomic E-state index is -0.0519. The largest absolute Gasteiger partial charge is 0.373 e. The molecule has 0 aliphatic carbocycles. The lowest BCUT2D eigenvalue weighted by molar-refractivity contribution is 0.0903. The molecule has 0 aromatic carbocycles. The number of nitrogens with zero attached hydrogens (tertiary/aromatic N) is 2. The summed E-state index contributed by atoms with van der Waals surface area (Å²) in [7, 11) is 1.66. The standard InChI is InChI=1S/C10H17N3O2/c1-3-8(14-2)9-12-10(15-13-9)7-5-4-6-11-7/h7-8,11H,3-6H2,1-2H3/t7-,8?/m0/s1. The summed E-state index contributed by atoms with van der Waals surface area (Å²) in [5.74, 6) is 1.35. The molecular formula is C10H17N3O2. The van der Waals surface area contributed by atoms with Crippen molar-refractivity contribution in [3.63, 3.8) is 0 Å². The molecule has 15 heavy (non-hydrogen) atoms. The predicted molar refractivity (Wildman–Crippen MR) is 54.3 cm³/mol. The van der Waals surface area contributed by atoms with Gasteiger partial charge in [-0.3, -0.25) is 0 Å². The molecule has 1 aromatic heterocycles. The third-order valence-corrected chi connectivity index (χ3v) is 2.76. The van der Waals surface area contributed by atoms with Gasteiger partial charge in [0.2, 0.25) is 11.7 Å². The topological polar surface area (TPSA) is 60.2 Å². The average molecular weight is 211 g/mol. The van der Waals surface area contributed by atoms with Crippen molar-refractivity contribution >= 4 is 0 Å². The molecule has 2 heterocycles. The van der Waals surface area contributed by atoms with Gasteiger partial charge in [-0.05, 0) is 25.8 Å². The number of methoxy groups -OCH3 is 1. The number of aromatic nitrogens is 2. The minimum absolute atomic E-state index is 0.0519. The minimum Gasteiger partial charge on any atom is -0.373 e. The number of ether oxygens (including phenoxy) is 1. The molecule has 0 radical (unpaired) electrons. The first-order valence-corrected chi connectivity index (χ1v) is 5.44. The second-order valence-corrected chi connectivity index (χ2v) is 3.77. The van der Waals surface area contributed by atoms with Crippen LogP contribution in [0.15, 0.2) is 4.52 Å². The van der Waals surface area contributed by atoms with Crippen LogP contribution in [0, 0.1) is 0 Å². The van der Waals surface area contributed by atoms with Gasteiger partial charge in [0, 0.05) is 7.11 Å². The number of nitrogens with one attached hydrogen (secondary N) is 1. The molecule has 5 heteroatoms. The van der Waals surface area contributed by atoms with Gasteiger partial charge in [0.1, 0.15) is 6.10 Å². The Morgan fingerprint density at radius 3 is 3.13 bits per heavy atom. The maximum atomic E-state index is 5.26. The highest BCUT2D eigenvalue weighted by Gasteiger charge is 2.24. The Kier molecular flexibility index (Phi) is 3.33. The van der Waals surface area contributed by atoms with Crippen molar-refractivity contribution in [2.75, 3.05) is 13.7 Å². The summed E-state index contributed by atoms with van der Waals surface area (Å²) in [6, 6.07) is 0.237. The maximum Gasteiger partial charge on any atom is 0.243 e. The lowest BCUT2D eigenvalue weighted by Crippen LogP contribution is -2.13. The van der Waals surface area contributed by atoms with Crippen LogP contribution < -0.4 is 5.32 Å². The fraction of sp³-hybridized carbons (Fsp3) is 0.800. The predicted octanol–water partition coefficient (Wildman–Crippen LogP) is 1.59. The zero-order valence-electron chi connectivity index (χ0n) is 9.19. The maximum absolute atomic E-state index is 5.26. The van der Waals surface area contributed by atoms with Gasteiger partial charge >= 0.3 is 0 Å². The number of hydrogen-bond donors (Lipinski definition) is 1. The lowest BCUT2D eigenvalue weighted by atomic mass is 10.2. The summed E-state index contributed by atoms with van der Waals surface area (Å²) in [5.41, 5.74) is 0. The van der Waals surface area contributed by atoms with Crippen molar-refractivity contribution < 1.29 is 9.26 Å². The quantitative estimate of drug-likeness (QED) is 0.819. The van der Waals surface area contributed by atoms with Crippen molar-refractivity contribution in [1.29, 1.82) is 0 Å². The van der Waals surface area contributed by atoms with E-state index >= 15 is 0 Å². The molecule has 0 amide bonds. The summed E-state index contributed by atoms with van der Waals surface area (Å²) in [5, 5.41) is 7.28. The summed E-state index contributed by atoms with van der Waals surface area (Å²) in [4.78, 5) is 4.37. The first-order valence-electron chi connectivity index (χ1n) is 5.44. The molecule has 1 aromatic rings. The highest BCUT2D eigenvalue weighted by molar-refractivity contribution is 4.97. The SMILES string of the molecule is CCC(OC)c1noc([C@@H]2CCCN2)n1. The Morgan fingerprint density at radius 2 is 2.53 bits per heavy atom. The molecule has 2 atom stereocenters. The normalized spacial score (nSPS) is 23.2. The monoisotopic (exact) mass is 211 g/mol. The van der Waals surface area contributed by atoms with E-state index in [2.05, 4.69) is 15.5 Å². The zero-order valence-corrected chi connectivity index (χ0v) is 9.19. The lowest BCUT2D eigenvalue weighted by Gasteiger charge is -2.06. The van der Waals surface area contributed by atoms with Gasteiger partial charge < -0.3 is 14.6 Å². The summed E-state index contributed by atoms with van der Waals surface area (Å²) < 4.78 is 10.5. The zero-order chi connectivity index (χ0) is 10.7. The Balaban J connectivity index is 2.08. The van der Waals surface area contributed by atoms with Crippen LogP contribution in [0.3, 0.4) is 0 Å². The highest BCUT2D eigenvalue weighted by atomic mass is 16.5. The van der Waals surface area contributed by atoms with Crippen LogP contribution in [-0.2, 0) is 4.74 Å². The van der Waals surface area contributed by atoms with Gasteiger partial charge in [0.15, 0.2) is 0 Å². The molecule has 1 aliphatic rings. The summed E-state index contributed by atoms with van der Waals surface area (Å²) in [6.45, 7) is 3.07. The van der Waals surface area contributed by atoms with Crippen LogP contribution in [0.2, 0.25) is 0 Å². The van der Waals surface area contributed by atoms with Gasteiger partial charge in [-0.2, -0.15) is 4.98 Å². The smallest absolute Gasteiger partial charge is 0.243 e. The van der Waals surface area contributed by atoms with E-state index in [-0.39, 0.29) is 12.1 Å². The first-order chi connectivity index (χ1) is 7.35. The molecule has 1 aliphatic heterocycles. The van der Waals surface area contributed by atoms with Crippen LogP contribution in [0.25, 0.3) is 0 Å². The van der Waals surface area contributed by atoms with Gasteiger partial charge in [0.25, 0.3) is 0 Å². The van der Waals surface area contributed by atoms with Crippen LogP contribution in [0.4, 0.5) is 0 Å². The Hall–Kier alpha value is -0.940. The molecule has 1 unspecified atom stereocenters. The van der Waals surface area contributed by atoms with Crippen LogP contribution >= 0.6 is 0 Å². The molecule has 1 saturated heterocycles. The van der Waals surface area contributed by atoms with E-state index in [0.29, 0.717) is 11.7 Å². The fourth-order valence-corrected chi connectivity index (χ4v) is 1.87. The van der Waals surface area contributed by atoms with Gasteiger partial charge in [-0.25, -0.2) is 0 Å². The number of rotatable bonds is 4. The van der Waals surface area contributed by atoms with Crippen LogP contribution in [-0.4, -0.2) is 23.8 Å². The number of hydrogen-bond acceptors (Lipinski definition) is 5. The fourth-order valence-electron chi connectivity index (χ4n) is 1.87. The van der Waals surface area contributed by atoms with Gasteiger partial charge in [0.05, 0.1) is 6.04 Å². The van der Waals surface area contributed by atoms with E-state index in [1.54, 1.807) is 7.11 Å². The van der Waals surface area contributed by atoms with Crippen LogP contribution in [0.1, 0.15) is 50.0 Å². The van der Waals surface area contributed by atoms with E-state index < -0.39 is 0 Å². The van der Waals surface area contributed by atoms with Crippen molar-refractivity contribution in [2.45, 2.75) is 38.3 Å². The molecule has 0 saturated carbocycles. The van der Waals surface area contributed by atoms with Crippen molar-refractivity contribution in [2.24, 2.45) is 0 Å². The first kappa shape index (κ1) is 10.6. The van der Waals surface area contributed by atoms with Crippen LogP contribution in [0.5, 0.6) is 0 Å².